The fourth-order valence-electron chi connectivity index (χ4n) is 2.15. The molecule has 7 nitrogen and oxygen atoms in total. The largest absolute Gasteiger partial charge is 0.383 e. The molecule has 0 spiro atoms. The Morgan fingerprint density at radius 1 is 1.32 bits per heavy atom. The summed E-state index contributed by atoms with van der Waals surface area (Å²) in [6.07, 6.45) is 2.86. The highest BCUT2D eigenvalue weighted by atomic mass is 32.2. The predicted octanol–water partition coefficient (Wildman–Crippen LogP) is 0.775. The van der Waals surface area contributed by atoms with E-state index in [-0.39, 0.29) is 12.5 Å². The number of ether oxygens (including phenoxy) is 1. The van der Waals surface area contributed by atoms with E-state index in [4.69, 9.17) is 4.74 Å². The second kappa shape index (κ2) is 6.80. The maximum Gasteiger partial charge on any atom is 0.240 e. The normalized spacial score (nSPS) is 11.5. The molecule has 0 unspecified atom stereocenters. The minimum atomic E-state index is -3.35. The van der Waals surface area contributed by atoms with Gasteiger partial charge in [0.25, 0.3) is 0 Å². The molecule has 0 atom stereocenters. The number of hydrogen-bond donors (Lipinski definition) is 2. The van der Waals surface area contributed by atoms with Gasteiger partial charge in [0.05, 0.1) is 24.1 Å². The number of nitrogens with zero attached hydrogens (tertiary/aromatic N) is 1. The van der Waals surface area contributed by atoms with Crippen LogP contribution in [0.25, 0.3) is 10.9 Å². The Balaban J connectivity index is 2.19. The number of sulfonamides is 1. The zero-order chi connectivity index (χ0) is 16.2. The van der Waals surface area contributed by atoms with Crippen molar-refractivity contribution in [3.63, 3.8) is 0 Å². The molecule has 0 saturated carbocycles. The molecule has 22 heavy (non-hydrogen) atoms. The summed E-state index contributed by atoms with van der Waals surface area (Å²) in [6.45, 7) is 1.07. The first kappa shape index (κ1) is 16.3. The molecule has 1 aromatic carbocycles. The van der Waals surface area contributed by atoms with Gasteiger partial charge in [-0.2, -0.15) is 0 Å². The lowest BCUT2D eigenvalue weighted by Gasteiger charge is -2.09. The lowest BCUT2D eigenvalue weighted by Crippen LogP contribution is -2.30. The van der Waals surface area contributed by atoms with Crippen molar-refractivity contribution in [2.24, 2.45) is 0 Å². The lowest BCUT2D eigenvalue weighted by molar-refractivity contribution is -0.121. The number of carbonyl (C=O) groups is 1. The first-order valence-corrected chi connectivity index (χ1v) is 8.61. The van der Waals surface area contributed by atoms with Crippen molar-refractivity contribution in [2.45, 2.75) is 6.54 Å². The number of benzene rings is 1. The number of fused-ring (bicyclic) bond motifs is 1. The van der Waals surface area contributed by atoms with Gasteiger partial charge in [-0.15, -0.1) is 0 Å². The minimum Gasteiger partial charge on any atom is -0.383 e. The van der Waals surface area contributed by atoms with Crippen molar-refractivity contribution >= 4 is 32.5 Å². The Kier molecular flexibility index (Phi) is 5.04. The maximum absolute atomic E-state index is 11.8. The van der Waals surface area contributed by atoms with E-state index in [1.54, 1.807) is 36.1 Å². The third kappa shape index (κ3) is 4.22. The van der Waals surface area contributed by atoms with Gasteiger partial charge in [0.15, 0.2) is 0 Å². The van der Waals surface area contributed by atoms with Crippen LogP contribution in [0.4, 0.5) is 5.69 Å². The van der Waals surface area contributed by atoms with Gasteiger partial charge in [0.2, 0.25) is 15.9 Å². The van der Waals surface area contributed by atoms with Crippen molar-refractivity contribution < 1.29 is 17.9 Å². The highest BCUT2D eigenvalue weighted by Crippen LogP contribution is 2.25. The zero-order valence-corrected chi connectivity index (χ0v) is 13.3. The van der Waals surface area contributed by atoms with E-state index in [2.05, 4.69) is 10.0 Å². The molecule has 0 aliphatic heterocycles. The molecule has 0 fully saturated rings. The Hall–Kier alpha value is -2.06. The topological polar surface area (TPSA) is 89.4 Å². The fraction of sp³-hybridized carbons (Fsp3) is 0.357. The SMILES string of the molecule is COCCNC(=O)Cn1ccc2c(NS(C)(=O)=O)cccc21. The van der Waals surface area contributed by atoms with Crippen molar-refractivity contribution in [2.75, 3.05) is 31.2 Å². The average Bonchev–Trinajstić information content (AvgIpc) is 2.82. The number of nitrogens with one attached hydrogen (secondary N) is 2. The van der Waals surface area contributed by atoms with Gasteiger partial charge in [-0.25, -0.2) is 8.42 Å². The molecule has 0 aliphatic carbocycles. The smallest absolute Gasteiger partial charge is 0.240 e. The van der Waals surface area contributed by atoms with E-state index in [1.165, 1.54) is 0 Å². The molecule has 0 saturated heterocycles. The molecule has 1 aromatic heterocycles. The Bertz CT molecular complexity index is 767. The predicted molar refractivity (Wildman–Crippen MR) is 85.3 cm³/mol. The van der Waals surface area contributed by atoms with Crippen LogP contribution in [-0.2, 0) is 26.1 Å². The number of rotatable bonds is 7. The van der Waals surface area contributed by atoms with E-state index >= 15 is 0 Å². The van der Waals surface area contributed by atoms with Crippen LogP contribution < -0.4 is 10.0 Å². The van der Waals surface area contributed by atoms with E-state index in [1.807, 2.05) is 6.07 Å². The molecule has 0 bridgehead atoms. The first-order chi connectivity index (χ1) is 10.4. The van der Waals surface area contributed by atoms with Gasteiger partial charge in [-0.1, -0.05) is 6.07 Å². The maximum atomic E-state index is 11.8. The van der Waals surface area contributed by atoms with E-state index in [0.29, 0.717) is 18.8 Å². The molecule has 2 rings (SSSR count). The molecule has 0 radical (unpaired) electrons. The summed E-state index contributed by atoms with van der Waals surface area (Å²) < 4.78 is 31.9. The molecular formula is C14H19N3O4S. The fourth-order valence-corrected chi connectivity index (χ4v) is 2.73. The Morgan fingerprint density at radius 2 is 2.09 bits per heavy atom. The van der Waals surface area contributed by atoms with Gasteiger partial charge in [0.1, 0.15) is 6.54 Å². The minimum absolute atomic E-state index is 0.129. The van der Waals surface area contributed by atoms with Gasteiger partial charge >= 0.3 is 0 Å². The molecule has 120 valence electrons. The summed E-state index contributed by atoms with van der Waals surface area (Å²) in [7, 11) is -1.78. The second-order valence-electron chi connectivity index (χ2n) is 4.90. The van der Waals surface area contributed by atoms with Crippen molar-refractivity contribution in [3.8, 4) is 0 Å². The number of aromatic nitrogens is 1. The Morgan fingerprint density at radius 3 is 2.77 bits per heavy atom. The Labute approximate surface area is 129 Å². The summed E-state index contributed by atoms with van der Waals surface area (Å²) >= 11 is 0. The van der Waals surface area contributed by atoms with Crippen molar-refractivity contribution in [1.29, 1.82) is 0 Å². The molecule has 1 heterocycles. The summed E-state index contributed by atoms with van der Waals surface area (Å²) in [6, 6.07) is 7.05. The molecule has 0 aliphatic rings. The summed E-state index contributed by atoms with van der Waals surface area (Å²) in [5, 5.41) is 3.49. The van der Waals surface area contributed by atoms with Gasteiger partial charge in [-0.3, -0.25) is 9.52 Å². The van der Waals surface area contributed by atoms with Crippen LogP contribution in [-0.4, -0.2) is 45.4 Å². The van der Waals surface area contributed by atoms with Crippen LogP contribution in [0.3, 0.4) is 0 Å². The van der Waals surface area contributed by atoms with Crippen molar-refractivity contribution in [1.82, 2.24) is 9.88 Å². The molecule has 2 aromatic rings. The summed E-state index contributed by atoms with van der Waals surface area (Å²) in [5.74, 6) is -0.129. The number of carbonyl (C=O) groups excluding carboxylic acids is 1. The van der Waals surface area contributed by atoms with Crippen molar-refractivity contribution in [3.05, 3.63) is 30.5 Å². The quantitative estimate of drug-likeness (QED) is 0.736. The van der Waals surface area contributed by atoms with Crippen LogP contribution >= 0.6 is 0 Å². The molecular weight excluding hydrogens is 306 g/mol. The number of hydrogen-bond acceptors (Lipinski definition) is 4. The van der Waals surface area contributed by atoms with Crippen LogP contribution in [0.1, 0.15) is 0 Å². The van der Waals surface area contributed by atoms with E-state index < -0.39 is 10.0 Å². The summed E-state index contributed by atoms with van der Waals surface area (Å²) in [5.41, 5.74) is 1.29. The second-order valence-corrected chi connectivity index (χ2v) is 6.65. The number of amides is 1. The first-order valence-electron chi connectivity index (χ1n) is 6.72. The average molecular weight is 325 g/mol. The van der Waals surface area contributed by atoms with Crippen LogP contribution in [0, 0.1) is 0 Å². The van der Waals surface area contributed by atoms with Crippen LogP contribution in [0.5, 0.6) is 0 Å². The molecule has 8 heteroatoms. The van der Waals surface area contributed by atoms with Gasteiger partial charge in [0, 0.05) is 25.2 Å². The summed E-state index contributed by atoms with van der Waals surface area (Å²) in [4.78, 5) is 11.8. The van der Waals surface area contributed by atoms with E-state index in [9.17, 15) is 13.2 Å². The highest BCUT2D eigenvalue weighted by Gasteiger charge is 2.10. The third-order valence-electron chi connectivity index (χ3n) is 3.05. The standard InChI is InChI=1S/C14H19N3O4S/c1-21-9-7-15-14(18)10-17-8-6-11-12(16-22(2,19)20)4-3-5-13(11)17/h3-6,8,16H,7,9-10H2,1-2H3,(H,15,18). The molecule has 1 amide bonds. The van der Waals surface area contributed by atoms with Gasteiger partial charge < -0.3 is 14.6 Å². The number of anilines is 1. The molecule has 2 N–H and O–H groups in total. The number of methoxy groups -OCH3 is 1. The monoisotopic (exact) mass is 325 g/mol. The lowest BCUT2D eigenvalue weighted by atomic mass is 10.2. The highest BCUT2D eigenvalue weighted by molar-refractivity contribution is 7.92. The van der Waals surface area contributed by atoms with Crippen LogP contribution in [0.15, 0.2) is 30.5 Å². The van der Waals surface area contributed by atoms with Crippen LogP contribution in [0.2, 0.25) is 0 Å². The van der Waals surface area contributed by atoms with Gasteiger partial charge in [-0.05, 0) is 18.2 Å². The third-order valence-corrected chi connectivity index (χ3v) is 3.64. The van der Waals surface area contributed by atoms with E-state index in [0.717, 1.165) is 17.2 Å². The zero-order valence-electron chi connectivity index (χ0n) is 12.5.